The van der Waals surface area contributed by atoms with Gasteiger partial charge in [-0.1, -0.05) is 94.3 Å². The van der Waals surface area contributed by atoms with Crippen molar-refractivity contribution >= 4 is 5.57 Å². The van der Waals surface area contributed by atoms with Gasteiger partial charge in [-0.2, -0.15) is 0 Å². The molecule has 2 aromatic carbocycles. The largest absolute Gasteiger partial charge is 0.0955 e. The summed E-state index contributed by atoms with van der Waals surface area (Å²) in [5.41, 5.74) is 7.51. The molecular formula is C22H32. The number of benzene rings is 2. The summed E-state index contributed by atoms with van der Waals surface area (Å²) in [6, 6.07) is 15.2. The van der Waals surface area contributed by atoms with Crippen molar-refractivity contribution in [3.8, 4) is 11.1 Å². The zero-order valence-corrected chi connectivity index (χ0v) is 15.5. The molecule has 0 heterocycles. The van der Waals surface area contributed by atoms with Crippen molar-refractivity contribution in [3.05, 3.63) is 65.7 Å². The highest BCUT2D eigenvalue weighted by molar-refractivity contribution is 5.71. The van der Waals surface area contributed by atoms with Crippen molar-refractivity contribution in [2.24, 2.45) is 0 Å². The Balaban J connectivity index is 0.000000789. The zero-order chi connectivity index (χ0) is 17.1. The summed E-state index contributed by atoms with van der Waals surface area (Å²) in [4.78, 5) is 0. The standard InChI is InChI=1S/C17H18.C3H8.C2H6/c1-12(2)16-9-10-17(14(4)11-16)15-7-5-13(3)6-8-15;1-3-2;1-2/h5-11H,1H2,2-4H3;3H2,1-2H3;1-2H3. The smallest absolute Gasteiger partial charge is 0.0154 e. The van der Waals surface area contributed by atoms with Gasteiger partial charge in [-0.3, -0.25) is 0 Å². The first-order valence-corrected chi connectivity index (χ1v) is 8.33. The normalized spacial score (nSPS) is 9.05. The van der Waals surface area contributed by atoms with E-state index in [-0.39, 0.29) is 0 Å². The Morgan fingerprint density at radius 3 is 1.82 bits per heavy atom. The molecule has 0 spiro atoms. The number of hydrogen-bond acceptors (Lipinski definition) is 0. The zero-order valence-electron chi connectivity index (χ0n) is 15.5. The lowest BCUT2D eigenvalue weighted by Gasteiger charge is -2.09. The first-order valence-electron chi connectivity index (χ1n) is 8.33. The Hall–Kier alpha value is -1.82. The molecule has 2 aromatic rings. The second-order valence-electron chi connectivity index (χ2n) is 5.38. The van der Waals surface area contributed by atoms with E-state index in [4.69, 9.17) is 0 Å². The molecule has 22 heavy (non-hydrogen) atoms. The Morgan fingerprint density at radius 2 is 1.41 bits per heavy atom. The molecule has 0 nitrogen and oxygen atoms in total. The lowest BCUT2D eigenvalue weighted by atomic mass is 9.96. The van der Waals surface area contributed by atoms with Gasteiger partial charge in [0.25, 0.3) is 0 Å². The minimum absolute atomic E-state index is 1.11. The highest BCUT2D eigenvalue weighted by Crippen LogP contribution is 2.26. The van der Waals surface area contributed by atoms with Crippen LogP contribution in [0.15, 0.2) is 49.0 Å². The van der Waals surface area contributed by atoms with Gasteiger partial charge in [-0.05, 0) is 43.0 Å². The first kappa shape index (κ1) is 20.2. The van der Waals surface area contributed by atoms with Crippen molar-refractivity contribution in [2.75, 3.05) is 0 Å². The van der Waals surface area contributed by atoms with Crippen LogP contribution >= 0.6 is 0 Å². The monoisotopic (exact) mass is 296 g/mol. The van der Waals surface area contributed by atoms with E-state index in [1.807, 2.05) is 20.8 Å². The van der Waals surface area contributed by atoms with E-state index in [2.05, 4.69) is 76.7 Å². The van der Waals surface area contributed by atoms with Gasteiger partial charge in [0.1, 0.15) is 0 Å². The third kappa shape index (κ3) is 6.30. The van der Waals surface area contributed by atoms with E-state index in [1.54, 1.807) is 0 Å². The van der Waals surface area contributed by atoms with Gasteiger partial charge in [0.05, 0.1) is 0 Å². The van der Waals surface area contributed by atoms with Crippen molar-refractivity contribution < 1.29 is 0 Å². The molecule has 0 bridgehead atoms. The molecule has 0 aliphatic heterocycles. The third-order valence-electron chi connectivity index (χ3n) is 3.08. The molecule has 0 heteroatoms. The van der Waals surface area contributed by atoms with Gasteiger partial charge in [0, 0.05) is 0 Å². The maximum absolute atomic E-state index is 3.98. The van der Waals surface area contributed by atoms with Crippen molar-refractivity contribution in [1.82, 2.24) is 0 Å². The summed E-state index contributed by atoms with van der Waals surface area (Å²) >= 11 is 0. The fourth-order valence-electron chi connectivity index (χ4n) is 1.99. The number of aryl methyl sites for hydroxylation is 2. The van der Waals surface area contributed by atoms with Crippen LogP contribution in [0, 0.1) is 13.8 Å². The van der Waals surface area contributed by atoms with E-state index in [1.165, 1.54) is 34.2 Å². The number of hydrogen-bond donors (Lipinski definition) is 0. The molecule has 0 saturated heterocycles. The summed E-state index contributed by atoms with van der Waals surface area (Å²) in [5.74, 6) is 0. The maximum Gasteiger partial charge on any atom is -0.0154 e. The van der Waals surface area contributed by atoms with Crippen LogP contribution < -0.4 is 0 Å². The lowest BCUT2D eigenvalue weighted by molar-refractivity contribution is 1.09. The van der Waals surface area contributed by atoms with Crippen LogP contribution in [-0.4, -0.2) is 0 Å². The highest BCUT2D eigenvalue weighted by atomic mass is 14.1. The van der Waals surface area contributed by atoms with E-state index in [0.717, 1.165) is 5.57 Å². The van der Waals surface area contributed by atoms with Crippen LogP contribution in [0.1, 0.15) is 57.7 Å². The Labute approximate surface area is 137 Å². The average molecular weight is 296 g/mol. The average Bonchev–Trinajstić information content (AvgIpc) is 2.51. The fourth-order valence-corrected chi connectivity index (χ4v) is 1.99. The first-order chi connectivity index (χ1) is 10.5. The molecule has 120 valence electrons. The van der Waals surface area contributed by atoms with Crippen LogP contribution in [0.3, 0.4) is 0 Å². The van der Waals surface area contributed by atoms with Crippen molar-refractivity contribution in [1.29, 1.82) is 0 Å². The molecule has 0 radical (unpaired) electrons. The molecule has 0 aliphatic carbocycles. The molecule has 2 rings (SSSR count). The molecule has 0 atom stereocenters. The highest BCUT2D eigenvalue weighted by Gasteiger charge is 2.03. The quantitative estimate of drug-likeness (QED) is 0.540. The molecule has 0 saturated carbocycles. The molecule has 0 amide bonds. The van der Waals surface area contributed by atoms with Gasteiger partial charge in [-0.15, -0.1) is 0 Å². The molecule has 0 aromatic heterocycles. The van der Waals surface area contributed by atoms with Crippen LogP contribution in [0.5, 0.6) is 0 Å². The van der Waals surface area contributed by atoms with E-state index in [9.17, 15) is 0 Å². The Kier molecular flexibility index (Phi) is 9.95. The van der Waals surface area contributed by atoms with Crippen LogP contribution in [0.2, 0.25) is 0 Å². The van der Waals surface area contributed by atoms with Crippen molar-refractivity contribution in [3.63, 3.8) is 0 Å². The number of rotatable bonds is 2. The predicted molar refractivity (Wildman–Crippen MR) is 103 cm³/mol. The summed E-state index contributed by atoms with van der Waals surface area (Å²) in [5, 5.41) is 0. The van der Waals surface area contributed by atoms with Crippen LogP contribution in [0.4, 0.5) is 0 Å². The Bertz CT molecular complexity index is 559. The van der Waals surface area contributed by atoms with Gasteiger partial charge in [0.2, 0.25) is 0 Å². The summed E-state index contributed by atoms with van der Waals surface area (Å²) in [7, 11) is 0. The summed E-state index contributed by atoms with van der Waals surface area (Å²) in [6.45, 7) is 18.5. The second kappa shape index (κ2) is 10.8. The summed E-state index contributed by atoms with van der Waals surface area (Å²) < 4.78 is 0. The van der Waals surface area contributed by atoms with Gasteiger partial charge < -0.3 is 0 Å². The molecular weight excluding hydrogens is 264 g/mol. The lowest BCUT2D eigenvalue weighted by Crippen LogP contribution is -1.86. The van der Waals surface area contributed by atoms with Crippen LogP contribution in [0.25, 0.3) is 16.7 Å². The fraction of sp³-hybridized carbons (Fsp3) is 0.364. The van der Waals surface area contributed by atoms with Crippen molar-refractivity contribution in [2.45, 2.75) is 54.9 Å². The molecule has 0 unspecified atom stereocenters. The topological polar surface area (TPSA) is 0 Å². The minimum atomic E-state index is 1.11. The van der Waals surface area contributed by atoms with E-state index < -0.39 is 0 Å². The number of allylic oxidation sites excluding steroid dienone is 1. The molecule has 0 N–H and O–H groups in total. The molecule has 0 fully saturated rings. The van der Waals surface area contributed by atoms with Crippen LogP contribution in [-0.2, 0) is 0 Å². The van der Waals surface area contributed by atoms with Gasteiger partial charge in [0.15, 0.2) is 0 Å². The molecule has 0 aliphatic rings. The second-order valence-corrected chi connectivity index (χ2v) is 5.38. The minimum Gasteiger partial charge on any atom is -0.0955 e. The third-order valence-corrected chi connectivity index (χ3v) is 3.08. The maximum atomic E-state index is 3.98. The van der Waals surface area contributed by atoms with E-state index in [0.29, 0.717) is 0 Å². The Morgan fingerprint density at radius 1 is 0.909 bits per heavy atom. The van der Waals surface area contributed by atoms with Gasteiger partial charge >= 0.3 is 0 Å². The summed E-state index contributed by atoms with van der Waals surface area (Å²) in [6.07, 6.45) is 1.25. The van der Waals surface area contributed by atoms with E-state index >= 15 is 0 Å². The predicted octanol–water partition coefficient (Wildman–Crippen LogP) is 7.45. The SMILES string of the molecule is C=C(C)c1ccc(-c2ccc(C)cc2)c(C)c1.CC.CCC. The van der Waals surface area contributed by atoms with Gasteiger partial charge in [-0.25, -0.2) is 0 Å².